The van der Waals surface area contributed by atoms with Crippen molar-refractivity contribution in [3.8, 4) is 0 Å². The van der Waals surface area contributed by atoms with Crippen molar-refractivity contribution >= 4 is 17.3 Å². The van der Waals surface area contributed by atoms with Gasteiger partial charge in [-0.05, 0) is 48.6 Å². The van der Waals surface area contributed by atoms with Gasteiger partial charge in [0.25, 0.3) is 0 Å². The number of hydrogen-bond donors (Lipinski definition) is 1. The fraction of sp³-hybridized carbons (Fsp3) is 0.409. The number of anilines is 2. The molecule has 2 aromatic rings. The third-order valence-electron chi connectivity index (χ3n) is 5.75. The lowest BCUT2D eigenvalue weighted by atomic mass is 9.99. The predicted octanol–water partition coefficient (Wildman–Crippen LogP) is 3.67. The first-order valence-electron chi connectivity index (χ1n) is 9.61. The van der Waals surface area contributed by atoms with E-state index in [1.54, 1.807) is 0 Å². The van der Waals surface area contributed by atoms with Crippen molar-refractivity contribution in [2.45, 2.75) is 38.3 Å². The molecule has 2 aliphatic heterocycles. The molecule has 0 spiro atoms. The Balaban J connectivity index is 1.36. The Kier molecular flexibility index (Phi) is 4.93. The summed E-state index contributed by atoms with van der Waals surface area (Å²) in [6.45, 7) is 3.34. The molecule has 2 aliphatic rings. The topological polar surface area (TPSA) is 35.6 Å². The lowest BCUT2D eigenvalue weighted by molar-refractivity contribution is -0.116. The summed E-state index contributed by atoms with van der Waals surface area (Å²) in [5.74, 6) is 0.129. The number of piperidine rings is 1. The molecule has 0 aliphatic carbocycles. The van der Waals surface area contributed by atoms with Crippen LogP contribution in [0.25, 0.3) is 0 Å². The smallest absolute Gasteiger partial charge is 0.224 e. The SMILES string of the molecule is CN(c1ccc2c(c1)CCC(=O)N2)C1CCN(Cc2ccccc2)CC1. The van der Waals surface area contributed by atoms with E-state index in [4.69, 9.17) is 0 Å². The van der Waals surface area contributed by atoms with Gasteiger partial charge < -0.3 is 10.2 Å². The number of amides is 1. The molecule has 1 saturated heterocycles. The number of benzene rings is 2. The molecule has 0 aromatic heterocycles. The van der Waals surface area contributed by atoms with Gasteiger partial charge >= 0.3 is 0 Å². The fourth-order valence-electron chi connectivity index (χ4n) is 4.11. The van der Waals surface area contributed by atoms with E-state index in [1.165, 1.54) is 29.7 Å². The van der Waals surface area contributed by atoms with Crippen molar-refractivity contribution in [1.82, 2.24) is 4.90 Å². The van der Waals surface area contributed by atoms with E-state index in [0.717, 1.165) is 31.7 Å². The molecule has 0 saturated carbocycles. The molecular formula is C22H27N3O. The molecular weight excluding hydrogens is 322 g/mol. The molecule has 2 aromatic carbocycles. The van der Waals surface area contributed by atoms with Gasteiger partial charge in [0.1, 0.15) is 0 Å². The van der Waals surface area contributed by atoms with Crippen LogP contribution >= 0.6 is 0 Å². The Morgan fingerprint density at radius 1 is 1.08 bits per heavy atom. The summed E-state index contributed by atoms with van der Waals surface area (Å²) >= 11 is 0. The van der Waals surface area contributed by atoms with Crippen molar-refractivity contribution in [2.75, 3.05) is 30.4 Å². The normalized spacial score (nSPS) is 18.3. The first kappa shape index (κ1) is 17.1. The third kappa shape index (κ3) is 3.75. The maximum Gasteiger partial charge on any atom is 0.224 e. The molecule has 0 atom stereocenters. The van der Waals surface area contributed by atoms with Crippen molar-refractivity contribution in [1.29, 1.82) is 0 Å². The van der Waals surface area contributed by atoms with Gasteiger partial charge in [-0.25, -0.2) is 0 Å². The first-order valence-corrected chi connectivity index (χ1v) is 9.61. The Bertz CT molecular complexity index is 766. The standard InChI is InChI=1S/C22H27N3O/c1-24(20-8-9-21-18(15-20)7-10-22(26)23-21)19-11-13-25(14-12-19)16-17-5-3-2-4-6-17/h2-6,8-9,15,19H,7,10-14,16H2,1H3,(H,23,26). The highest BCUT2D eigenvalue weighted by atomic mass is 16.1. The zero-order valence-corrected chi connectivity index (χ0v) is 15.4. The van der Waals surface area contributed by atoms with Crippen molar-refractivity contribution < 1.29 is 4.79 Å². The first-order chi connectivity index (χ1) is 12.7. The van der Waals surface area contributed by atoms with E-state index < -0.39 is 0 Å². The molecule has 4 rings (SSSR count). The second-order valence-electron chi connectivity index (χ2n) is 7.49. The molecule has 136 valence electrons. The van der Waals surface area contributed by atoms with Gasteiger partial charge in [0, 0.05) is 50.5 Å². The largest absolute Gasteiger partial charge is 0.372 e. The maximum absolute atomic E-state index is 11.5. The van der Waals surface area contributed by atoms with E-state index in [2.05, 4.69) is 70.7 Å². The van der Waals surface area contributed by atoms with E-state index in [9.17, 15) is 4.79 Å². The van der Waals surface area contributed by atoms with Gasteiger partial charge in [-0.2, -0.15) is 0 Å². The summed E-state index contributed by atoms with van der Waals surface area (Å²) in [7, 11) is 2.21. The van der Waals surface area contributed by atoms with Gasteiger partial charge in [-0.15, -0.1) is 0 Å². The lowest BCUT2D eigenvalue weighted by Crippen LogP contribution is -2.43. The number of rotatable bonds is 4. The molecule has 0 unspecified atom stereocenters. The molecule has 1 amide bonds. The molecule has 4 heteroatoms. The summed E-state index contributed by atoms with van der Waals surface area (Å²) in [5, 5.41) is 2.97. The molecule has 26 heavy (non-hydrogen) atoms. The van der Waals surface area contributed by atoms with Gasteiger partial charge in [0.05, 0.1) is 0 Å². The fourth-order valence-corrected chi connectivity index (χ4v) is 4.11. The summed E-state index contributed by atoms with van der Waals surface area (Å²) in [6.07, 6.45) is 3.82. The molecule has 1 fully saturated rings. The van der Waals surface area contributed by atoms with E-state index in [1.807, 2.05) is 0 Å². The molecule has 4 nitrogen and oxygen atoms in total. The number of hydrogen-bond acceptors (Lipinski definition) is 3. The number of aryl methyl sites for hydroxylation is 1. The summed E-state index contributed by atoms with van der Waals surface area (Å²) in [5.41, 5.74) is 4.91. The van der Waals surface area contributed by atoms with E-state index >= 15 is 0 Å². The number of nitrogens with one attached hydrogen (secondary N) is 1. The van der Waals surface area contributed by atoms with Crippen LogP contribution in [-0.2, 0) is 17.8 Å². The second kappa shape index (κ2) is 7.50. The Morgan fingerprint density at radius 3 is 2.62 bits per heavy atom. The van der Waals surface area contributed by atoms with Gasteiger partial charge in [0.2, 0.25) is 5.91 Å². The minimum Gasteiger partial charge on any atom is -0.372 e. The Labute approximate surface area is 155 Å². The maximum atomic E-state index is 11.5. The minimum atomic E-state index is 0.129. The van der Waals surface area contributed by atoms with Crippen LogP contribution in [0.15, 0.2) is 48.5 Å². The van der Waals surface area contributed by atoms with Crippen molar-refractivity contribution in [2.24, 2.45) is 0 Å². The van der Waals surface area contributed by atoms with Crippen LogP contribution in [0.3, 0.4) is 0 Å². The van der Waals surface area contributed by atoms with Crippen LogP contribution < -0.4 is 10.2 Å². The summed E-state index contributed by atoms with van der Waals surface area (Å²) in [6, 6.07) is 17.8. The predicted molar refractivity (Wildman–Crippen MR) is 107 cm³/mol. The number of nitrogens with zero attached hydrogens (tertiary/aromatic N) is 2. The van der Waals surface area contributed by atoms with Crippen LogP contribution in [0, 0.1) is 0 Å². The Morgan fingerprint density at radius 2 is 1.85 bits per heavy atom. The second-order valence-corrected chi connectivity index (χ2v) is 7.49. The van der Waals surface area contributed by atoms with Gasteiger partial charge in [-0.1, -0.05) is 30.3 Å². The molecule has 1 N–H and O–H groups in total. The van der Waals surface area contributed by atoms with Gasteiger partial charge in [-0.3, -0.25) is 9.69 Å². The highest BCUT2D eigenvalue weighted by molar-refractivity contribution is 5.94. The number of carbonyl (C=O) groups excluding carboxylic acids is 1. The lowest BCUT2D eigenvalue weighted by Gasteiger charge is -2.38. The quantitative estimate of drug-likeness (QED) is 0.915. The van der Waals surface area contributed by atoms with Gasteiger partial charge in [0.15, 0.2) is 0 Å². The monoisotopic (exact) mass is 349 g/mol. The number of fused-ring (bicyclic) bond motifs is 1. The number of likely N-dealkylation sites (tertiary alicyclic amines) is 1. The molecule has 0 bridgehead atoms. The van der Waals surface area contributed by atoms with Crippen LogP contribution in [0.2, 0.25) is 0 Å². The average molecular weight is 349 g/mol. The third-order valence-corrected chi connectivity index (χ3v) is 5.75. The summed E-state index contributed by atoms with van der Waals surface area (Å²) in [4.78, 5) is 16.5. The zero-order valence-electron chi connectivity index (χ0n) is 15.4. The highest BCUT2D eigenvalue weighted by Crippen LogP contribution is 2.29. The van der Waals surface area contributed by atoms with Crippen molar-refractivity contribution in [3.63, 3.8) is 0 Å². The zero-order chi connectivity index (χ0) is 17.9. The van der Waals surface area contributed by atoms with Crippen LogP contribution in [0.5, 0.6) is 0 Å². The molecule has 0 radical (unpaired) electrons. The number of carbonyl (C=O) groups is 1. The van der Waals surface area contributed by atoms with Crippen LogP contribution in [0.1, 0.15) is 30.4 Å². The minimum absolute atomic E-state index is 0.129. The van der Waals surface area contributed by atoms with Crippen molar-refractivity contribution in [3.05, 3.63) is 59.7 Å². The van der Waals surface area contributed by atoms with E-state index in [-0.39, 0.29) is 5.91 Å². The highest BCUT2D eigenvalue weighted by Gasteiger charge is 2.24. The van der Waals surface area contributed by atoms with Crippen LogP contribution in [0.4, 0.5) is 11.4 Å². The van der Waals surface area contributed by atoms with Crippen LogP contribution in [-0.4, -0.2) is 37.0 Å². The van der Waals surface area contributed by atoms with E-state index in [0.29, 0.717) is 12.5 Å². The Hall–Kier alpha value is -2.33. The average Bonchev–Trinajstić information content (AvgIpc) is 2.68. The molecule has 2 heterocycles. The summed E-state index contributed by atoms with van der Waals surface area (Å²) < 4.78 is 0.